The van der Waals surface area contributed by atoms with Crippen molar-refractivity contribution in [3.05, 3.63) is 18.0 Å². The van der Waals surface area contributed by atoms with Crippen molar-refractivity contribution in [3.63, 3.8) is 0 Å². The van der Waals surface area contributed by atoms with Gasteiger partial charge < -0.3 is 10.2 Å². The molecule has 1 spiro atoms. The first-order chi connectivity index (χ1) is 10.8. The minimum absolute atomic E-state index is 0.511. The summed E-state index contributed by atoms with van der Waals surface area (Å²) in [6.07, 6.45) is 12.6. The zero-order valence-corrected chi connectivity index (χ0v) is 13.1. The third-order valence-electron chi connectivity index (χ3n) is 7.89. The van der Waals surface area contributed by atoms with Gasteiger partial charge in [0.2, 0.25) is 5.95 Å². The van der Waals surface area contributed by atoms with E-state index in [0.29, 0.717) is 5.54 Å². The number of anilines is 1. The lowest BCUT2D eigenvalue weighted by atomic mass is 9.15. The summed E-state index contributed by atoms with van der Waals surface area (Å²) in [5.74, 6) is 4.15. The molecule has 4 nitrogen and oxygen atoms in total. The molecule has 1 aromatic rings. The SMILES string of the molecule is c1nc(N2CCCC2)ncc1CNC12CC3CC4CC(C1)C432. The van der Waals surface area contributed by atoms with Gasteiger partial charge in [0.25, 0.3) is 0 Å². The standard InChI is InChI=1S/C18H24N4/c1-2-4-22(3-1)16-19-9-12(10-20-16)11-21-17-7-14-5-13-6-15(8-17)18(13,14)17/h9-10,13-15,21H,1-8,11H2. The summed E-state index contributed by atoms with van der Waals surface area (Å²) in [7, 11) is 0. The highest BCUT2D eigenvalue weighted by atomic mass is 15.3. The lowest BCUT2D eigenvalue weighted by Gasteiger charge is -2.91. The van der Waals surface area contributed by atoms with Crippen molar-refractivity contribution >= 4 is 5.95 Å². The topological polar surface area (TPSA) is 41.1 Å². The Morgan fingerprint density at radius 2 is 1.73 bits per heavy atom. The molecule has 2 atom stereocenters. The molecule has 1 aliphatic heterocycles. The Morgan fingerprint density at radius 1 is 1.05 bits per heavy atom. The Hall–Kier alpha value is -1.16. The van der Waals surface area contributed by atoms with Gasteiger partial charge in [0.15, 0.2) is 0 Å². The predicted octanol–water partition coefficient (Wildman–Crippen LogP) is 2.36. The number of nitrogens with one attached hydrogen (secondary N) is 1. The van der Waals surface area contributed by atoms with Crippen LogP contribution in [0.15, 0.2) is 12.4 Å². The molecule has 1 saturated heterocycles. The Balaban J connectivity index is 1.14. The van der Waals surface area contributed by atoms with E-state index in [9.17, 15) is 0 Å². The van der Waals surface area contributed by atoms with Gasteiger partial charge in [-0.05, 0) is 61.7 Å². The van der Waals surface area contributed by atoms with Crippen LogP contribution in [-0.4, -0.2) is 28.6 Å². The molecule has 0 bridgehead atoms. The lowest BCUT2D eigenvalue weighted by Crippen LogP contribution is -2.92. The Labute approximate surface area is 131 Å². The van der Waals surface area contributed by atoms with E-state index in [1.54, 1.807) is 0 Å². The molecular weight excluding hydrogens is 272 g/mol. The summed E-state index contributed by atoms with van der Waals surface area (Å²) < 4.78 is 0. The highest BCUT2D eigenvalue weighted by Crippen LogP contribution is 2.89. The van der Waals surface area contributed by atoms with Crippen LogP contribution in [0.2, 0.25) is 0 Å². The molecule has 1 N–H and O–H groups in total. The number of nitrogens with zero attached hydrogens (tertiary/aromatic N) is 3. The van der Waals surface area contributed by atoms with Crippen LogP contribution in [-0.2, 0) is 6.54 Å². The summed E-state index contributed by atoms with van der Waals surface area (Å²) in [6, 6.07) is 0. The van der Waals surface area contributed by atoms with Crippen molar-refractivity contribution in [3.8, 4) is 0 Å². The second-order valence-electron chi connectivity index (χ2n) is 8.42. The molecule has 22 heavy (non-hydrogen) atoms. The fraction of sp³-hybridized carbons (Fsp3) is 0.778. The van der Waals surface area contributed by atoms with E-state index in [1.807, 2.05) is 12.4 Å². The normalized spacial score (nSPS) is 46.7. The van der Waals surface area contributed by atoms with Gasteiger partial charge in [-0.15, -0.1) is 0 Å². The summed E-state index contributed by atoms with van der Waals surface area (Å²) in [4.78, 5) is 11.5. The van der Waals surface area contributed by atoms with E-state index in [-0.39, 0.29) is 0 Å². The van der Waals surface area contributed by atoms with Gasteiger partial charge in [-0.25, -0.2) is 9.97 Å². The predicted molar refractivity (Wildman–Crippen MR) is 84.4 cm³/mol. The van der Waals surface area contributed by atoms with Crippen molar-refractivity contribution in [2.75, 3.05) is 18.0 Å². The molecule has 0 aromatic carbocycles. The van der Waals surface area contributed by atoms with Gasteiger partial charge in [-0.2, -0.15) is 0 Å². The van der Waals surface area contributed by atoms with Crippen LogP contribution < -0.4 is 10.2 Å². The summed E-state index contributed by atoms with van der Waals surface area (Å²) >= 11 is 0. The number of hydrogen-bond acceptors (Lipinski definition) is 4. The first kappa shape index (κ1) is 12.3. The smallest absolute Gasteiger partial charge is 0.225 e. The Morgan fingerprint density at radius 3 is 2.32 bits per heavy atom. The molecule has 5 aliphatic rings. The van der Waals surface area contributed by atoms with E-state index in [4.69, 9.17) is 0 Å². The molecule has 1 aromatic heterocycles. The molecule has 2 unspecified atom stereocenters. The summed E-state index contributed by atoms with van der Waals surface area (Å²) in [5, 5.41) is 3.93. The van der Waals surface area contributed by atoms with E-state index >= 15 is 0 Å². The number of rotatable bonds is 4. The molecule has 0 radical (unpaired) electrons. The highest BCUT2D eigenvalue weighted by Gasteiger charge is 2.87. The molecular formula is C18H24N4. The lowest BCUT2D eigenvalue weighted by molar-refractivity contribution is -0.397. The molecule has 0 amide bonds. The van der Waals surface area contributed by atoms with Crippen molar-refractivity contribution < 1.29 is 0 Å². The average molecular weight is 296 g/mol. The minimum atomic E-state index is 0.511. The van der Waals surface area contributed by atoms with Crippen LogP contribution in [0.5, 0.6) is 0 Å². The van der Waals surface area contributed by atoms with Crippen molar-refractivity contribution in [1.82, 2.24) is 15.3 Å². The Bertz CT molecular complexity index is 593. The first-order valence-electron chi connectivity index (χ1n) is 9.13. The van der Waals surface area contributed by atoms with Gasteiger partial charge in [0.05, 0.1) is 0 Å². The van der Waals surface area contributed by atoms with Gasteiger partial charge in [-0.3, -0.25) is 0 Å². The van der Waals surface area contributed by atoms with E-state index in [1.165, 1.54) is 44.1 Å². The number of aromatic nitrogens is 2. The summed E-state index contributed by atoms with van der Waals surface area (Å²) in [5.41, 5.74) is 2.52. The average Bonchev–Trinajstić information content (AvgIpc) is 2.98. The van der Waals surface area contributed by atoms with Crippen LogP contribution in [0, 0.1) is 23.2 Å². The maximum atomic E-state index is 4.59. The minimum Gasteiger partial charge on any atom is -0.341 e. The third-order valence-corrected chi connectivity index (χ3v) is 7.89. The van der Waals surface area contributed by atoms with Gasteiger partial charge in [-0.1, -0.05) is 0 Å². The third kappa shape index (κ3) is 1.19. The highest BCUT2D eigenvalue weighted by molar-refractivity contribution is 5.40. The molecule has 116 valence electrons. The second kappa shape index (κ2) is 3.84. The van der Waals surface area contributed by atoms with Gasteiger partial charge in [0, 0.05) is 43.1 Å². The van der Waals surface area contributed by atoms with Crippen LogP contribution in [0.25, 0.3) is 0 Å². The fourth-order valence-corrected chi connectivity index (χ4v) is 7.02. The Kier molecular flexibility index (Phi) is 2.14. The van der Waals surface area contributed by atoms with Crippen LogP contribution in [0.1, 0.15) is 44.1 Å². The first-order valence-corrected chi connectivity index (χ1v) is 9.13. The molecule has 4 saturated carbocycles. The van der Waals surface area contributed by atoms with E-state index in [0.717, 1.165) is 48.8 Å². The molecule has 6 rings (SSSR count). The fourth-order valence-electron chi connectivity index (χ4n) is 7.02. The molecule has 4 heteroatoms. The van der Waals surface area contributed by atoms with Crippen LogP contribution >= 0.6 is 0 Å². The molecule has 5 fully saturated rings. The van der Waals surface area contributed by atoms with Crippen molar-refractivity contribution in [2.24, 2.45) is 23.2 Å². The van der Waals surface area contributed by atoms with Crippen LogP contribution in [0.3, 0.4) is 0 Å². The van der Waals surface area contributed by atoms with Crippen molar-refractivity contribution in [2.45, 2.75) is 50.6 Å². The molecule has 4 aliphatic carbocycles. The van der Waals surface area contributed by atoms with E-state index in [2.05, 4.69) is 20.2 Å². The maximum Gasteiger partial charge on any atom is 0.225 e. The zero-order chi connectivity index (χ0) is 14.4. The monoisotopic (exact) mass is 296 g/mol. The van der Waals surface area contributed by atoms with Crippen LogP contribution in [0.4, 0.5) is 5.95 Å². The van der Waals surface area contributed by atoms with Gasteiger partial charge >= 0.3 is 0 Å². The zero-order valence-electron chi connectivity index (χ0n) is 13.1. The quantitative estimate of drug-likeness (QED) is 0.926. The molecule has 2 heterocycles. The van der Waals surface area contributed by atoms with Gasteiger partial charge in [0.1, 0.15) is 0 Å². The largest absolute Gasteiger partial charge is 0.341 e. The van der Waals surface area contributed by atoms with Crippen molar-refractivity contribution in [1.29, 1.82) is 0 Å². The maximum absolute atomic E-state index is 4.59. The summed E-state index contributed by atoms with van der Waals surface area (Å²) in [6.45, 7) is 3.19. The number of hydrogen-bond donors (Lipinski definition) is 1. The van der Waals surface area contributed by atoms with E-state index < -0.39 is 0 Å². The second-order valence-corrected chi connectivity index (χ2v) is 8.42.